The number of benzene rings is 1. The zero-order valence-corrected chi connectivity index (χ0v) is 16.4. The number of urea groups is 1. The maximum atomic E-state index is 12.4. The summed E-state index contributed by atoms with van der Waals surface area (Å²) in [6, 6.07) is 7.31. The molecule has 1 atom stereocenters. The van der Waals surface area contributed by atoms with Crippen molar-refractivity contribution in [2.45, 2.75) is 31.9 Å². The number of nitrogens with zero attached hydrogens (tertiary/aromatic N) is 1. The predicted octanol–water partition coefficient (Wildman–Crippen LogP) is 2.80. The summed E-state index contributed by atoms with van der Waals surface area (Å²) < 4.78 is 11.1. The molecule has 0 spiro atoms. The minimum Gasteiger partial charge on any atom is -0.491 e. The lowest BCUT2D eigenvalue weighted by Crippen LogP contribution is -2.59. The number of amides is 2. The van der Waals surface area contributed by atoms with Crippen molar-refractivity contribution < 1.29 is 14.3 Å². The second-order valence-electron chi connectivity index (χ2n) is 7.13. The number of hydrogen-bond acceptors (Lipinski definition) is 5. The maximum absolute atomic E-state index is 12.4. The molecule has 144 valence electrons. The van der Waals surface area contributed by atoms with E-state index in [1.54, 1.807) is 0 Å². The summed E-state index contributed by atoms with van der Waals surface area (Å²) in [6.45, 7) is 8.10. The molecule has 7 heteroatoms. The average Bonchev–Trinajstić information content (AvgIpc) is 3.12. The monoisotopic (exact) mass is 379 g/mol. The summed E-state index contributed by atoms with van der Waals surface area (Å²) in [6.07, 6.45) is 1.25. The fourth-order valence-electron chi connectivity index (χ4n) is 3.44. The molecule has 3 rings (SSSR count). The minimum absolute atomic E-state index is 0.0563. The van der Waals surface area contributed by atoms with Crippen molar-refractivity contribution in [3.8, 4) is 5.75 Å². The van der Waals surface area contributed by atoms with Crippen LogP contribution in [0.3, 0.4) is 0 Å². The molecule has 2 amide bonds. The van der Waals surface area contributed by atoms with E-state index in [0.29, 0.717) is 6.54 Å². The fraction of sp³-hybridized carbons (Fsp3) is 0.632. The summed E-state index contributed by atoms with van der Waals surface area (Å²) in [5.41, 5.74) is 0.820. The van der Waals surface area contributed by atoms with Crippen molar-refractivity contribution in [1.29, 1.82) is 0 Å². The van der Waals surface area contributed by atoms with Gasteiger partial charge in [-0.15, -0.1) is 0 Å². The van der Waals surface area contributed by atoms with Crippen LogP contribution in [0.2, 0.25) is 0 Å². The standard InChI is InChI=1S/C19H29N3O3S/c1-15(2)25-17-5-3-16(4-6-17)21-18(23)20-13-19(7-12-26-14-19)22-8-10-24-11-9-22/h3-6,15H,7-14H2,1-2H3,(H2,20,21,23). The van der Waals surface area contributed by atoms with E-state index in [2.05, 4.69) is 15.5 Å². The van der Waals surface area contributed by atoms with Gasteiger partial charge in [-0.3, -0.25) is 4.90 Å². The molecule has 0 aromatic heterocycles. The van der Waals surface area contributed by atoms with Crippen LogP contribution in [-0.4, -0.2) is 66.9 Å². The van der Waals surface area contributed by atoms with Gasteiger partial charge in [0.05, 0.1) is 19.3 Å². The molecule has 1 aromatic carbocycles. The molecule has 1 unspecified atom stereocenters. The lowest BCUT2D eigenvalue weighted by atomic mass is 9.95. The average molecular weight is 380 g/mol. The van der Waals surface area contributed by atoms with E-state index in [9.17, 15) is 4.79 Å². The molecule has 0 bridgehead atoms. The smallest absolute Gasteiger partial charge is 0.319 e. The van der Waals surface area contributed by atoms with Crippen LogP contribution in [0.5, 0.6) is 5.75 Å². The Kier molecular flexibility index (Phi) is 6.67. The van der Waals surface area contributed by atoms with Crippen LogP contribution in [0.25, 0.3) is 0 Å². The number of rotatable bonds is 6. The third-order valence-electron chi connectivity index (χ3n) is 4.83. The van der Waals surface area contributed by atoms with E-state index < -0.39 is 0 Å². The van der Waals surface area contributed by atoms with Gasteiger partial charge >= 0.3 is 6.03 Å². The zero-order valence-electron chi connectivity index (χ0n) is 15.6. The Bertz CT molecular complexity index is 582. The van der Waals surface area contributed by atoms with E-state index in [1.807, 2.05) is 49.9 Å². The summed E-state index contributed by atoms with van der Waals surface area (Å²) in [5.74, 6) is 3.02. The van der Waals surface area contributed by atoms with E-state index in [-0.39, 0.29) is 17.7 Å². The van der Waals surface area contributed by atoms with Gasteiger partial charge in [0.15, 0.2) is 0 Å². The lowest BCUT2D eigenvalue weighted by molar-refractivity contribution is -0.0123. The number of carbonyl (C=O) groups excluding carboxylic acids is 1. The molecule has 0 aliphatic carbocycles. The van der Waals surface area contributed by atoms with Gasteiger partial charge in [-0.2, -0.15) is 11.8 Å². The molecule has 0 radical (unpaired) electrons. The van der Waals surface area contributed by atoms with E-state index >= 15 is 0 Å². The third-order valence-corrected chi connectivity index (χ3v) is 6.06. The Morgan fingerprint density at radius 3 is 2.65 bits per heavy atom. The molecule has 2 fully saturated rings. The second-order valence-corrected chi connectivity index (χ2v) is 8.23. The molecule has 2 N–H and O–H groups in total. The number of hydrogen-bond donors (Lipinski definition) is 2. The van der Waals surface area contributed by atoms with Crippen LogP contribution in [0, 0.1) is 0 Å². The van der Waals surface area contributed by atoms with E-state index in [0.717, 1.165) is 55.7 Å². The molecule has 2 saturated heterocycles. The highest BCUT2D eigenvalue weighted by Crippen LogP contribution is 2.33. The summed E-state index contributed by atoms with van der Waals surface area (Å²) in [4.78, 5) is 14.8. The van der Waals surface area contributed by atoms with Crippen molar-refractivity contribution >= 4 is 23.5 Å². The molecular weight excluding hydrogens is 350 g/mol. The van der Waals surface area contributed by atoms with Gasteiger partial charge in [-0.1, -0.05) is 0 Å². The van der Waals surface area contributed by atoms with Gasteiger partial charge in [0.1, 0.15) is 5.75 Å². The van der Waals surface area contributed by atoms with Crippen molar-refractivity contribution in [1.82, 2.24) is 10.2 Å². The third kappa shape index (κ3) is 5.05. The second kappa shape index (κ2) is 8.97. The number of carbonyl (C=O) groups is 1. The largest absolute Gasteiger partial charge is 0.491 e. The van der Waals surface area contributed by atoms with Crippen molar-refractivity contribution in [3.05, 3.63) is 24.3 Å². The number of morpholine rings is 1. The Morgan fingerprint density at radius 1 is 1.31 bits per heavy atom. The molecule has 26 heavy (non-hydrogen) atoms. The maximum Gasteiger partial charge on any atom is 0.319 e. The van der Waals surface area contributed by atoms with Crippen molar-refractivity contribution in [2.24, 2.45) is 0 Å². The van der Waals surface area contributed by atoms with Gasteiger partial charge in [-0.25, -0.2) is 4.79 Å². The van der Waals surface area contributed by atoms with Crippen LogP contribution >= 0.6 is 11.8 Å². The Morgan fingerprint density at radius 2 is 2.04 bits per heavy atom. The van der Waals surface area contributed by atoms with Gasteiger partial charge in [-0.05, 0) is 50.3 Å². The highest BCUT2D eigenvalue weighted by Gasteiger charge is 2.40. The SMILES string of the molecule is CC(C)Oc1ccc(NC(=O)NCC2(N3CCOCC3)CCSC2)cc1. The molecule has 0 saturated carbocycles. The van der Waals surface area contributed by atoms with Crippen LogP contribution in [0.15, 0.2) is 24.3 Å². The van der Waals surface area contributed by atoms with Crippen LogP contribution < -0.4 is 15.4 Å². The highest BCUT2D eigenvalue weighted by molar-refractivity contribution is 7.99. The summed E-state index contributed by atoms with van der Waals surface area (Å²) >= 11 is 1.97. The van der Waals surface area contributed by atoms with Crippen LogP contribution in [0.1, 0.15) is 20.3 Å². The first kappa shape index (κ1) is 19.3. The molecule has 1 aromatic rings. The Labute approximate surface area is 160 Å². The van der Waals surface area contributed by atoms with Gasteiger partial charge in [0, 0.05) is 36.6 Å². The fourth-order valence-corrected chi connectivity index (χ4v) is 4.92. The quantitative estimate of drug-likeness (QED) is 0.796. The number of ether oxygens (including phenoxy) is 2. The number of anilines is 1. The molecule has 2 heterocycles. The van der Waals surface area contributed by atoms with Crippen LogP contribution in [-0.2, 0) is 4.74 Å². The molecule has 2 aliphatic rings. The Hall–Kier alpha value is -1.44. The molecule has 6 nitrogen and oxygen atoms in total. The summed E-state index contributed by atoms with van der Waals surface area (Å²) in [5, 5.41) is 5.99. The first-order valence-electron chi connectivity index (χ1n) is 9.29. The summed E-state index contributed by atoms with van der Waals surface area (Å²) in [7, 11) is 0. The number of nitrogens with one attached hydrogen (secondary N) is 2. The minimum atomic E-state index is -0.160. The van der Waals surface area contributed by atoms with Crippen LogP contribution in [0.4, 0.5) is 10.5 Å². The first-order valence-corrected chi connectivity index (χ1v) is 10.4. The molecular formula is C19H29N3O3S. The highest BCUT2D eigenvalue weighted by atomic mass is 32.2. The van der Waals surface area contributed by atoms with Gasteiger partial charge < -0.3 is 20.1 Å². The lowest BCUT2D eigenvalue weighted by Gasteiger charge is -2.43. The molecule has 2 aliphatic heterocycles. The van der Waals surface area contributed by atoms with Gasteiger partial charge in [0.2, 0.25) is 0 Å². The van der Waals surface area contributed by atoms with E-state index in [4.69, 9.17) is 9.47 Å². The van der Waals surface area contributed by atoms with E-state index in [1.165, 1.54) is 0 Å². The zero-order chi connectivity index (χ0) is 18.4. The first-order chi connectivity index (χ1) is 12.6. The predicted molar refractivity (Wildman–Crippen MR) is 106 cm³/mol. The Balaban J connectivity index is 1.52. The van der Waals surface area contributed by atoms with Crippen molar-refractivity contribution in [2.75, 3.05) is 49.7 Å². The van der Waals surface area contributed by atoms with Gasteiger partial charge in [0.25, 0.3) is 0 Å². The van der Waals surface area contributed by atoms with Crippen molar-refractivity contribution in [3.63, 3.8) is 0 Å². The number of thioether (sulfide) groups is 1. The normalized spacial score (nSPS) is 23.8. The topological polar surface area (TPSA) is 62.8 Å².